The van der Waals surface area contributed by atoms with Crippen molar-refractivity contribution in [1.29, 1.82) is 0 Å². The van der Waals surface area contributed by atoms with E-state index in [9.17, 15) is 1.37 Å². The van der Waals surface area contributed by atoms with E-state index in [-0.39, 0.29) is 62.7 Å². The first kappa shape index (κ1) is 15.4. The van der Waals surface area contributed by atoms with Gasteiger partial charge in [-0.15, -0.1) is 0 Å². The summed E-state index contributed by atoms with van der Waals surface area (Å²) in [5.41, 5.74) is 1.10. The SMILES string of the molecule is [2H]c1c([2H])c(-c2nc(-c3ccccc3)nc(-n3c4c([2H])c([2H])c([2H])c([2H])c4c4c([2H])c([2H])c([2H])c([2H])c43)n2)c([2H])c(-n2c3ccccc3c3ccccc32)c1[2H]. The van der Waals surface area contributed by atoms with Crippen molar-refractivity contribution >= 4 is 43.6 Å². The molecule has 9 aromatic rings. The molecule has 0 N–H and O–H groups in total. The fourth-order valence-electron chi connectivity index (χ4n) is 5.63. The number of fused-ring (bicyclic) bond motifs is 6. The number of hydrogen-bond acceptors (Lipinski definition) is 3. The van der Waals surface area contributed by atoms with E-state index in [2.05, 4.69) is 0 Å². The molecule has 0 aliphatic carbocycles. The normalized spacial score (nSPS) is 15.5. The zero-order valence-electron chi connectivity index (χ0n) is 34.7. The smallest absolute Gasteiger partial charge is 0.238 e. The molecule has 0 saturated heterocycles. The summed E-state index contributed by atoms with van der Waals surface area (Å²) in [5.74, 6) is -0.611. The predicted octanol–water partition coefficient (Wildman–Crippen LogP) is 9.40. The molecule has 5 heteroatoms. The van der Waals surface area contributed by atoms with Gasteiger partial charge in [-0.05, 0) is 36.3 Å². The molecule has 0 unspecified atom stereocenters. The van der Waals surface area contributed by atoms with Crippen molar-refractivity contribution in [3.8, 4) is 34.4 Å². The van der Waals surface area contributed by atoms with Gasteiger partial charge in [0.2, 0.25) is 5.95 Å². The topological polar surface area (TPSA) is 48.5 Å². The van der Waals surface area contributed by atoms with Gasteiger partial charge in [0.05, 0.1) is 38.5 Å². The second kappa shape index (κ2) is 9.75. The Morgan fingerprint density at radius 3 is 1.66 bits per heavy atom. The molecule has 0 amide bonds. The summed E-state index contributed by atoms with van der Waals surface area (Å²) in [5, 5.41) is 1.34. The van der Waals surface area contributed by atoms with Gasteiger partial charge in [0.25, 0.3) is 0 Å². The zero-order chi connectivity index (χ0) is 39.5. The van der Waals surface area contributed by atoms with Crippen LogP contribution in [0.4, 0.5) is 0 Å². The quantitative estimate of drug-likeness (QED) is 0.210. The third-order valence-electron chi connectivity index (χ3n) is 7.53. The fraction of sp³-hybridized carbons (Fsp3) is 0. The number of para-hydroxylation sites is 4. The van der Waals surface area contributed by atoms with Gasteiger partial charge in [0.1, 0.15) is 0 Å². The fourth-order valence-corrected chi connectivity index (χ4v) is 5.63. The summed E-state index contributed by atoms with van der Waals surface area (Å²) in [6.07, 6.45) is 0. The minimum absolute atomic E-state index is 0.000895. The van der Waals surface area contributed by atoms with Crippen molar-refractivity contribution in [3.63, 3.8) is 0 Å². The molecule has 0 fully saturated rings. The van der Waals surface area contributed by atoms with Crippen LogP contribution in [0.5, 0.6) is 0 Å². The Bertz CT molecular complexity index is 3050. The average Bonchev–Trinajstić information content (AvgIpc) is 3.75. The van der Waals surface area contributed by atoms with Crippen LogP contribution < -0.4 is 0 Å². The molecular weight excluding hydrogens is 538 g/mol. The lowest BCUT2D eigenvalue weighted by molar-refractivity contribution is 0.953. The largest absolute Gasteiger partial charge is 0.309 e. The van der Waals surface area contributed by atoms with Crippen LogP contribution in [-0.2, 0) is 0 Å². The summed E-state index contributed by atoms with van der Waals surface area (Å²) in [4.78, 5) is 14.1. The Labute approximate surface area is 270 Å². The van der Waals surface area contributed by atoms with Crippen LogP contribution in [0, 0.1) is 0 Å². The Kier molecular flexibility index (Phi) is 3.42. The van der Waals surface area contributed by atoms with Gasteiger partial charge < -0.3 is 4.57 Å². The third-order valence-corrected chi connectivity index (χ3v) is 7.53. The minimum atomic E-state index is -0.623. The van der Waals surface area contributed by atoms with E-state index in [0.29, 0.717) is 16.6 Å². The maximum absolute atomic E-state index is 9.65. The Balaban J connectivity index is 1.45. The van der Waals surface area contributed by atoms with E-state index >= 15 is 0 Å². The second-order valence-electron chi connectivity index (χ2n) is 10.0. The standard InChI is InChI=1S/C39H25N5/c1-2-13-26(14-3-1)37-40-38(42-39(41-37)44-35-23-10-6-19-31(35)32-20-7-11-24-36(32)44)27-15-12-16-28(25-27)43-33-21-8-4-17-29(33)30-18-5-9-22-34(30)43/h1-25H/i6D,7D,10D,11D,12D,15D,16D,19D,20D,23D,24D,25D. The molecule has 0 aliphatic rings. The van der Waals surface area contributed by atoms with Crippen molar-refractivity contribution in [3.05, 3.63) is 151 Å². The van der Waals surface area contributed by atoms with E-state index in [4.69, 9.17) is 30.0 Å². The highest BCUT2D eigenvalue weighted by Crippen LogP contribution is 2.34. The Morgan fingerprint density at radius 1 is 0.432 bits per heavy atom. The van der Waals surface area contributed by atoms with Crippen molar-refractivity contribution in [2.45, 2.75) is 0 Å². The molecule has 0 atom stereocenters. The molecule has 0 saturated carbocycles. The maximum Gasteiger partial charge on any atom is 0.238 e. The summed E-state index contributed by atoms with van der Waals surface area (Å²) in [6.45, 7) is 0. The van der Waals surface area contributed by atoms with E-state index in [1.54, 1.807) is 34.9 Å². The van der Waals surface area contributed by atoms with E-state index in [0.717, 1.165) is 15.3 Å². The van der Waals surface area contributed by atoms with Crippen LogP contribution in [0.2, 0.25) is 0 Å². The van der Waals surface area contributed by atoms with Crippen molar-refractivity contribution in [2.75, 3.05) is 0 Å². The van der Waals surface area contributed by atoms with Crippen LogP contribution in [0.15, 0.2) is 151 Å². The van der Waals surface area contributed by atoms with Crippen molar-refractivity contribution < 1.29 is 16.4 Å². The van der Waals surface area contributed by atoms with Crippen LogP contribution in [0.3, 0.4) is 0 Å². The maximum atomic E-state index is 9.65. The highest BCUT2D eigenvalue weighted by molar-refractivity contribution is 6.10. The molecule has 206 valence electrons. The minimum Gasteiger partial charge on any atom is -0.309 e. The van der Waals surface area contributed by atoms with Crippen LogP contribution in [-0.4, -0.2) is 24.1 Å². The number of aromatic nitrogens is 5. The molecular formula is C39H25N5. The van der Waals surface area contributed by atoms with Crippen LogP contribution in [0.1, 0.15) is 16.4 Å². The van der Waals surface area contributed by atoms with Gasteiger partial charge in [-0.3, -0.25) is 4.57 Å². The summed E-state index contributed by atoms with van der Waals surface area (Å²) >= 11 is 0. The van der Waals surface area contributed by atoms with Crippen LogP contribution >= 0.6 is 0 Å². The number of rotatable bonds is 4. The summed E-state index contributed by atoms with van der Waals surface area (Å²) in [6, 6.07) is 17.2. The Hall–Kier alpha value is -6.07. The molecule has 3 heterocycles. The summed E-state index contributed by atoms with van der Waals surface area (Å²) in [7, 11) is 0. The van der Waals surface area contributed by atoms with Gasteiger partial charge >= 0.3 is 0 Å². The monoisotopic (exact) mass is 575 g/mol. The van der Waals surface area contributed by atoms with Crippen LogP contribution in [0.25, 0.3) is 78.0 Å². The molecule has 0 bridgehead atoms. The first-order valence-corrected chi connectivity index (χ1v) is 13.7. The number of nitrogens with zero attached hydrogens (tertiary/aromatic N) is 5. The number of benzene rings is 6. The van der Waals surface area contributed by atoms with Gasteiger partial charge in [-0.1, -0.05) is 115 Å². The lowest BCUT2D eigenvalue weighted by Crippen LogP contribution is -2.06. The Morgan fingerprint density at radius 2 is 1.00 bits per heavy atom. The van der Waals surface area contributed by atoms with Crippen molar-refractivity contribution in [2.24, 2.45) is 0 Å². The lowest BCUT2D eigenvalue weighted by atomic mass is 10.1. The second-order valence-corrected chi connectivity index (χ2v) is 10.0. The predicted molar refractivity (Wildman–Crippen MR) is 179 cm³/mol. The van der Waals surface area contributed by atoms with Gasteiger partial charge in [-0.2, -0.15) is 9.97 Å². The average molecular weight is 576 g/mol. The van der Waals surface area contributed by atoms with Gasteiger partial charge in [-0.25, -0.2) is 4.98 Å². The molecule has 44 heavy (non-hydrogen) atoms. The molecule has 3 aromatic heterocycles. The van der Waals surface area contributed by atoms with E-state index < -0.39 is 60.4 Å². The lowest BCUT2D eigenvalue weighted by Gasteiger charge is -2.12. The molecule has 0 spiro atoms. The van der Waals surface area contributed by atoms with Gasteiger partial charge in [0, 0.05) is 38.4 Å². The van der Waals surface area contributed by atoms with E-state index in [1.807, 2.05) is 48.5 Å². The third kappa shape index (κ3) is 3.76. The number of hydrogen-bond donors (Lipinski definition) is 0. The van der Waals surface area contributed by atoms with Crippen molar-refractivity contribution in [1.82, 2.24) is 24.1 Å². The zero-order valence-corrected chi connectivity index (χ0v) is 22.7. The van der Waals surface area contributed by atoms with Gasteiger partial charge in [0.15, 0.2) is 11.6 Å². The highest BCUT2D eigenvalue weighted by atomic mass is 15.2. The molecule has 0 aliphatic heterocycles. The summed E-state index contributed by atoms with van der Waals surface area (Å²) < 4.78 is 109. The highest BCUT2D eigenvalue weighted by Gasteiger charge is 2.18. The van der Waals surface area contributed by atoms with E-state index in [1.165, 1.54) is 0 Å². The molecule has 6 aromatic carbocycles. The first-order valence-electron chi connectivity index (χ1n) is 19.7. The molecule has 9 rings (SSSR count). The molecule has 0 radical (unpaired) electrons. The molecule has 5 nitrogen and oxygen atoms in total. The first-order chi connectivity index (χ1) is 26.8.